The van der Waals surface area contributed by atoms with Gasteiger partial charge in [-0.3, -0.25) is 14.6 Å². The van der Waals surface area contributed by atoms with Crippen LogP contribution in [0.5, 0.6) is 5.75 Å². The van der Waals surface area contributed by atoms with Gasteiger partial charge in [0.05, 0.1) is 5.56 Å². The van der Waals surface area contributed by atoms with Crippen molar-refractivity contribution in [2.75, 3.05) is 11.9 Å². The van der Waals surface area contributed by atoms with Gasteiger partial charge >= 0.3 is 0 Å². The van der Waals surface area contributed by atoms with Gasteiger partial charge in [0.2, 0.25) is 29.1 Å². The summed E-state index contributed by atoms with van der Waals surface area (Å²) < 4.78 is 71.9. The van der Waals surface area contributed by atoms with Crippen molar-refractivity contribution >= 4 is 28.2 Å². The van der Waals surface area contributed by atoms with E-state index in [0.717, 1.165) is 28.8 Å². The van der Waals surface area contributed by atoms with Gasteiger partial charge in [-0.15, -0.1) is 11.3 Å². The van der Waals surface area contributed by atoms with Crippen molar-refractivity contribution in [1.29, 1.82) is 0 Å². The van der Waals surface area contributed by atoms with Crippen molar-refractivity contribution in [3.05, 3.63) is 75.2 Å². The normalized spacial score (nSPS) is 12.4. The third-order valence-corrected chi connectivity index (χ3v) is 6.30. The molecule has 0 saturated heterocycles. The number of benzene rings is 1. The number of fused-ring (bicyclic) bond motifs is 1. The monoisotopic (exact) mass is 497 g/mol. The third kappa shape index (κ3) is 4.58. The number of aromatic nitrogens is 1. The van der Waals surface area contributed by atoms with Crippen LogP contribution in [0.15, 0.2) is 24.5 Å². The van der Waals surface area contributed by atoms with Crippen LogP contribution >= 0.6 is 11.3 Å². The van der Waals surface area contributed by atoms with Gasteiger partial charge in [-0.2, -0.15) is 8.78 Å². The third-order valence-electron chi connectivity index (χ3n) is 5.09. The summed E-state index contributed by atoms with van der Waals surface area (Å²) >= 11 is 1.18. The maximum atomic E-state index is 13.8. The van der Waals surface area contributed by atoms with Gasteiger partial charge in [-0.25, -0.2) is 13.2 Å². The lowest BCUT2D eigenvalue weighted by Crippen LogP contribution is -2.26. The molecule has 3 aromatic rings. The molecular weight excluding hydrogens is 481 g/mol. The molecule has 2 heterocycles. The molecule has 0 atom stereocenters. The first-order valence-corrected chi connectivity index (χ1v) is 10.8. The van der Waals surface area contributed by atoms with Gasteiger partial charge in [-0.05, 0) is 36.5 Å². The number of pyridine rings is 1. The fraction of sp³-hybridized carbons (Fsp3) is 0.227. The van der Waals surface area contributed by atoms with Crippen LogP contribution in [-0.4, -0.2) is 23.4 Å². The molecule has 1 aromatic carbocycles. The highest BCUT2D eigenvalue weighted by Crippen LogP contribution is 2.39. The number of hydrogen-bond donors (Lipinski definition) is 2. The number of anilines is 1. The van der Waals surface area contributed by atoms with Crippen molar-refractivity contribution < 1.29 is 36.3 Å². The van der Waals surface area contributed by atoms with Crippen molar-refractivity contribution in [3.63, 3.8) is 0 Å². The van der Waals surface area contributed by atoms with E-state index in [0.29, 0.717) is 6.42 Å². The van der Waals surface area contributed by atoms with Crippen LogP contribution in [0.2, 0.25) is 0 Å². The van der Waals surface area contributed by atoms with Crippen LogP contribution in [0.1, 0.15) is 32.8 Å². The number of nitrogens with one attached hydrogen (secondary N) is 2. The number of halogens is 5. The zero-order valence-corrected chi connectivity index (χ0v) is 18.1. The number of rotatable bonds is 7. The number of carbonyl (C=O) groups excluding carboxylic acids is 2. The first-order valence-electron chi connectivity index (χ1n) is 10.0. The van der Waals surface area contributed by atoms with Crippen LogP contribution in [0.25, 0.3) is 0 Å². The number of thiophene rings is 1. The van der Waals surface area contributed by atoms with E-state index >= 15 is 0 Å². The summed E-state index contributed by atoms with van der Waals surface area (Å²) in [4.78, 5) is 30.1. The number of amides is 2. The summed E-state index contributed by atoms with van der Waals surface area (Å²) in [5.41, 5.74) is 1.83. The van der Waals surface area contributed by atoms with Crippen molar-refractivity contribution in [2.24, 2.45) is 0 Å². The highest BCUT2D eigenvalue weighted by Gasteiger charge is 2.29. The Bertz CT molecular complexity index is 1240. The summed E-state index contributed by atoms with van der Waals surface area (Å²) in [6.07, 6.45) is 5.40. The Balaban J connectivity index is 1.48. The first kappa shape index (κ1) is 23.6. The maximum absolute atomic E-state index is 13.8. The number of hydrogen-bond acceptors (Lipinski definition) is 5. The fourth-order valence-electron chi connectivity index (χ4n) is 3.52. The number of ether oxygens (including phenoxy) is 1. The van der Waals surface area contributed by atoms with Gasteiger partial charge in [0.1, 0.15) is 5.00 Å². The summed E-state index contributed by atoms with van der Waals surface area (Å²) in [7, 11) is 0. The second-order valence-electron chi connectivity index (χ2n) is 7.34. The zero-order valence-electron chi connectivity index (χ0n) is 17.3. The Morgan fingerprint density at radius 3 is 2.41 bits per heavy atom. The molecule has 2 aromatic heterocycles. The van der Waals surface area contributed by atoms with Crippen LogP contribution in [0.3, 0.4) is 0 Å². The van der Waals surface area contributed by atoms with Crippen molar-refractivity contribution in [2.45, 2.75) is 25.8 Å². The smallest absolute Gasteiger partial charge is 0.262 e. The second kappa shape index (κ2) is 9.75. The maximum Gasteiger partial charge on any atom is 0.262 e. The van der Waals surface area contributed by atoms with Gasteiger partial charge in [0.15, 0.2) is 12.4 Å². The van der Waals surface area contributed by atoms with Crippen molar-refractivity contribution in [1.82, 2.24) is 10.3 Å². The van der Waals surface area contributed by atoms with Crippen LogP contribution in [0, 0.1) is 29.1 Å². The predicted molar refractivity (Wildman–Crippen MR) is 112 cm³/mol. The molecule has 178 valence electrons. The van der Waals surface area contributed by atoms with Crippen molar-refractivity contribution in [3.8, 4) is 5.75 Å². The lowest BCUT2D eigenvalue weighted by Gasteiger charge is -2.11. The molecular formula is C22H16F5N3O3S. The van der Waals surface area contributed by atoms with Crippen LogP contribution in [0.4, 0.5) is 27.0 Å². The number of nitrogens with zero attached hydrogens (tertiary/aromatic N) is 1. The molecule has 0 saturated carbocycles. The SMILES string of the molecule is O=C(COc1c(F)c(F)c(F)c(F)c1F)Nc1sc2c(c1C(=O)NCc1cccnc1)CCC2. The summed E-state index contributed by atoms with van der Waals surface area (Å²) in [5, 5.41) is 5.41. The molecule has 0 unspecified atom stereocenters. The molecule has 0 bridgehead atoms. The standard InChI is InChI=1S/C22H16F5N3O3S/c23-15-16(24)18(26)20(19(27)17(15)25)33-9-13(31)30-22-14(11-4-1-5-12(11)34-22)21(32)29-8-10-3-2-6-28-7-10/h2-3,6-7H,1,4-5,8-9H2,(H,29,32)(H,30,31). The lowest BCUT2D eigenvalue weighted by atomic mass is 10.1. The number of aryl methyl sites for hydroxylation is 1. The molecule has 12 heteroatoms. The Hall–Kier alpha value is -3.54. The topological polar surface area (TPSA) is 80.3 Å². The minimum atomic E-state index is -2.33. The van der Waals surface area contributed by atoms with E-state index in [2.05, 4.69) is 20.4 Å². The average molecular weight is 497 g/mol. The molecule has 1 aliphatic carbocycles. The summed E-state index contributed by atoms with van der Waals surface area (Å²) in [6, 6.07) is 3.50. The second-order valence-corrected chi connectivity index (χ2v) is 8.45. The van der Waals surface area contributed by atoms with Gasteiger partial charge in [0, 0.05) is 23.8 Å². The molecule has 0 radical (unpaired) electrons. The average Bonchev–Trinajstić information content (AvgIpc) is 3.41. The molecule has 0 spiro atoms. The van der Waals surface area contributed by atoms with E-state index in [9.17, 15) is 31.5 Å². The predicted octanol–water partition coefficient (Wildman–Crippen LogP) is 4.27. The molecule has 1 aliphatic rings. The summed E-state index contributed by atoms with van der Waals surface area (Å²) in [5.74, 6) is -14.0. The van der Waals surface area contributed by atoms with E-state index < -0.39 is 53.3 Å². The van der Waals surface area contributed by atoms with E-state index in [4.69, 9.17) is 0 Å². The molecule has 34 heavy (non-hydrogen) atoms. The minimum Gasteiger partial charge on any atom is -0.477 e. The van der Waals surface area contributed by atoms with Gasteiger partial charge < -0.3 is 15.4 Å². The molecule has 6 nitrogen and oxygen atoms in total. The van der Waals surface area contributed by atoms with E-state index in [-0.39, 0.29) is 17.1 Å². The molecule has 0 aliphatic heterocycles. The van der Waals surface area contributed by atoms with E-state index in [1.807, 2.05) is 0 Å². The zero-order chi connectivity index (χ0) is 24.4. The lowest BCUT2D eigenvalue weighted by molar-refractivity contribution is -0.118. The highest BCUT2D eigenvalue weighted by molar-refractivity contribution is 7.17. The largest absolute Gasteiger partial charge is 0.477 e. The number of carbonyl (C=O) groups is 2. The minimum absolute atomic E-state index is 0.202. The fourth-order valence-corrected chi connectivity index (χ4v) is 4.82. The molecule has 0 fully saturated rings. The van der Waals surface area contributed by atoms with Gasteiger partial charge in [0.25, 0.3) is 11.8 Å². The molecule has 2 amide bonds. The highest BCUT2D eigenvalue weighted by atomic mass is 32.1. The van der Waals surface area contributed by atoms with Crippen LogP contribution in [-0.2, 0) is 24.2 Å². The Morgan fingerprint density at radius 2 is 1.74 bits per heavy atom. The van der Waals surface area contributed by atoms with Crippen LogP contribution < -0.4 is 15.4 Å². The summed E-state index contributed by atoms with van der Waals surface area (Å²) in [6.45, 7) is -0.842. The first-order chi connectivity index (χ1) is 16.3. The quantitative estimate of drug-likeness (QED) is 0.290. The van der Waals surface area contributed by atoms with E-state index in [1.165, 1.54) is 11.3 Å². The van der Waals surface area contributed by atoms with E-state index in [1.54, 1.807) is 24.5 Å². The molecule has 2 N–H and O–H groups in total. The Morgan fingerprint density at radius 1 is 1.03 bits per heavy atom. The Labute approximate surface area is 193 Å². The molecule has 4 rings (SSSR count). The van der Waals surface area contributed by atoms with Gasteiger partial charge in [-0.1, -0.05) is 6.07 Å². The Kier molecular flexibility index (Phi) is 6.77.